The van der Waals surface area contributed by atoms with Gasteiger partial charge in [-0.2, -0.15) is 0 Å². The number of pyridine rings is 1. The van der Waals surface area contributed by atoms with Crippen LogP contribution >= 0.6 is 11.8 Å². The van der Waals surface area contributed by atoms with Gasteiger partial charge in [-0.15, -0.1) is 0 Å². The molecule has 6 heteroatoms. The summed E-state index contributed by atoms with van der Waals surface area (Å²) in [6, 6.07) is 26.0. The van der Waals surface area contributed by atoms with Gasteiger partial charge in [0.25, 0.3) is 5.56 Å². The van der Waals surface area contributed by atoms with E-state index in [1.54, 1.807) is 30.3 Å². The smallest absolute Gasteiger partial charge is 0.336 e. The summed E-state index contributed by atoms with van der Waals surface area (Å²) in [7, 11) is 0. The van der Waals surface area contributed by atoms with Crippen LogP contribution in [0.5, 0.6) is 5.75 Å². The summed E-state index contributed by atoms with van der Waals surface area (Å²) in [5, 5.41) is 22.4. The lowest BCUT2D eigenvalue weighted by Gasteiger charge is -2.21. The molecule has 4 rings (SSSR count). The van der Waals surface area contributed by atoms with Crippen molar-refractivity contribution < 1.29 is 15.0 Å². The number of para-hydroxylation sites is 1. The number of benzene rings is 3. The summed E-state index contributed by atoms with van der Waals surface area (Å²) < 4.78 is 1.49. The number of carbonyl (C=O) groups is 1. The van der Waals surface area contributed by atoms with Crippen molar-refractivity contribution >= 4 is 17.7 Å². The zero-order chi connectivity index (χ0) is 21.1. The predicted octanol–water partition coefficient (Wildman–Crippen LogP) is 4.43. The van der Waals surface area contributed by atoms with E-state index < -0.39 is 17.3 Å². The van der Waals surface area contributed by atoms with Crippen LogP contribution in [0.4, 0.5) is 0 Å². The third-order valence-electron chi connectivity index (χ3n) is 4.54. The molecule has 0 saturated heterocycles. The molecule has 148 valence electrons. The standard InChI is InChI=1S/C24H17NO4S/c26-20-15-19(16-9-3-1-4-10-16)25(17-11-5-2-6-12-17)23(27)22(20)30-21-14-8-7-13-18(21)24(28)29/h1-15,26H,(H,28,29)/p-1. The Labute approximate surface area is 176 Å². The highest BCUT2D eigenvalue weighted by molar-refractivity contribution is 7.99. The molecular weight excluding hydrogens is 398 g/mol. The fraction of sp³-hybridized carbons (Fsp3) is 0. The fourth-order valence-corrected chi connectivity index (χ4v) is 4.13. The molecule has 0 aliphatic rings. The lowest BCUT2D eigenvalue weighted by Crippen LogP contribution is -2.23. The van der Waals surface area contributed by atoms with Crippen LogP contribution in [0.15, 0.2) is 106 Å². The van der Waals surface area contributed by atoms with Crippen molar-refractivity contribution in [1.29, 1.82) is 0 Å². The Kier molecular flexibility index (Phi) is 5.41. The summed E-state index contributed by atoms with van der Waals surface area (Å²) in [6.45, 7) is 0. The second kappa shape index (κ2) is 8.31. The van der Waals surface area contributed by atoms with E-state index in [-0.39, 0.29) is 10.5 Å². The number of aromatic nitrogens is 1. The molecule has 0 unspecified atom stereocenters. The van der Waals surface area contributed by atoms with E-state index in [1.807, 2.05) is 48.5 Å². The minimum atomic E-state index is -1.12. The number of nitrogens with zero attached hydrogens (tertiary/aromatic N) is 1. The van der Waals surface area contributed by atoms with Crippen molar-refractivity contribution in [1.82, 2.24) is 4.57 Å². The normalized spacial score (nSPS) is 10.7. The average Bonchev–Trinajstić information content (AvgIpc) is 2.77. The lowest BCUT2D eigenvalue weighted by atomic mass is 10.1. The van der Waals surface area contributed by atoms with Gasteiger partial charge >= 0.3 is 5.97 Å². The molecule has 1 aromatic heterocycles. The molecule has 0 saturated carbocycles. The molecule has 3 aromatic carbocycles. The first-order chi connectivity index (χ1) is 14.6. The number of rotatable bonds is 5. The van der Waals surface area contributed by atoms with Crippen LogP contribution < -0.4 is 10.7 Å². The third kappa shape index (κ3) is 3.73. The summed E-state index contributed by atoms with van der Waals surface area (Å²) in [6.07, 6.45) is 0. The zero-order valence-corrected chi connectivity index (χ0v) is 16.5. The van der Waals surface area contributed by atoms with Gasteiger partial charge in [-0.25, -0.2) is 4.79 Å². The van der Waals surface area contributed by atoms with Crippen LogP contribution in [-0.2, 0) is 0 Å². The molecule has 0 aliphatic heterocycles. The molecule has 0 bridgehead atoms. The zero-order valence-electron chi connectivity index (χ0n) is 15.7. The van der Waals surface area contributed by atoms with Gasteiger partial charge in [0, 0.05) is 10.6 Å². The molecule has 1 heterocycles. The molecule has 5 nitrogen and oxygen atoms in total. The summed E-state index contributed by atoms with van der Waals surface area (Å²) in [5.74, 6) is -1.56. The van der Waals surface area contributed by atoms with Gasteiger partial charge < -0.3 is 10.2 Å². The highest BCUT2D eigenvalue weighted by Crippen LogP contribution is 2.35. The Morgan fingerprint density at radius 2 is 1.47 bits per heavy atom. The van der Waals surface area contributed by atoms with Crippen molar-refractivity contribution in [2.45, 2.75) is 9.79 Å². The second-order valence-corrected chi connectivity index (χ2v) is 7.52. The first kappa shape index (κ1) is 19.5. The van der Waals surface area contributed by atoms with Crippen LogP contribution in [0.2, 0.25) is 0 Å². The van der Waals surface area contributed by atoms with Crippen LogP contribution in [0.1, 0.15) is 10.4 Å². The van der Waals surface area contributed by atoms with Gasteiger partial charge in [0.2, 0.25) is 0 Å². The van der Waals surface area contributed by atoms with Crippen LogP contribution in [-0.4, -0.2) is 15.6 Å². The molecule has 4 aromatic rings. The minimum absolute atomic E-state index is 0.0414. The molecule has 1 N–H and O–H groups in total. The van der Waals surface area contributed by atoms with Crippen molar-refractivity contribution in [3.8, 4) is 22.7 Å². The monoisotopic (exact) mass is 414 g/mol. The van der Waals surface area contributed by atoms with Gasteiger partial charge in [-0.3, -0.25) is 9.36 Å². The molecule has 0 fully saturated rings. The SMILES string of the molecule is O=C(O)c1ccccc1Sc1c([O-])cc(-c2ccccc2)n(-c2ccccc2)c1=O. The van der Waals surface area contributed by atoms with E-state index in [1.165, 1.54) is 16.7 Å². The maximum atomic E-state index is 13.5. The van der Waals surface area contributed by atoms with E-state index in [9.17, 15) is 19.8 Å². The van der Waals surface area contributed by atoms with E-state index in [0.29, 0.717) is 16.3 Å². The Bertz CT molecular complexity index is 1270. The fourth-order valence-electron chi connectivity index (χ4n) is 3.16. The predicted molar refractivity (Wildman–Crippen MR) is 114 cm³/mol. The maximum absolute atomic E-state index is 13.5. The van der Waals surface area contributed by atoms with Gasteiger partial charge in [-0.05, 0) is 35.9 Å². The first-order valence-electron chi connectivity index (χ1n) is 9.14. The Balaban J connectivity index is 1.95. The summed E-state index contributed by atoms with van der Waals surface area (Å²) in [4.78, 5) is 25.3. The number of hydrogen-bond acceptors (Lipinski definition) is 4. The van der Waals surface area contributed by atoms with Crippen molar-refractivity contribution in [3.63, 3.8) is 0 Å². The van der Waals surface area contributed by atoms with Gasteiger partial charge in [0.15, 0.2) is 0 Å². The van der Waals surface area contributed by atoms with Gasteiger partial charge in [0.05, 0.1) is 16.2 Å². The number of carboxylic acid groups (broad SMARTS) is 1. The van der Waals surface area contributed by atoms with E-state index in [0.717, 1.165) is 17.3 Å². The molecular formula is C24H16NO4S-. The Morgan fingerprint density at radius 1 is 0.867 bits per heavy atom. The summed E-state index contributed by atoms with van der Waals surface area (Å²) in [5.41, 5.74) is 1.39. The maximum Gasteiger partial charge on any atom is 0.336 e. The summed E-state index contributed by atoms with van der Waals surface area (Å²) >= 11 is 0.882. The van der Waals surface area contributed by atoms with Crippen LogP contribution in [0.3, 0.4) is 0 Å². The highest BCUT2D eigenvalue weighted by atomic mass is 32.2. The van der Waals surface area contributed by atoms with Gasteiger partial charge in [-0.1, -0.05) is 78.2 Å². The van der Waals surface area contributed by atoms with E-state index in [4.69, 9.17) is 0 Å². The lowest BCUT2D eigenvalue weighted by molar-refractivity contribution is -0.272. The minimum Gasteiger partial charge on any atom is -0.872 e. The van der Waals surface area contributed by atoms with Crippen LogP contribution in [0, 0.1) is 0 Å². The van der Waals surface area contributed by atoms with Crippen molar-refractivity contribution in [2.24, 2.45) is 0 Å². The molecule has 30 heavy (non-hydrogen) atoms. The number of hydrogen-bond donors (Lipinski definition) is 1. The molecule has 0 atom stereocenters. The van der Waals surface area contributed by atoms with Crippen LogP contribution in [0.25, 0.3) is 16.9 Å². The largest absolute Gasteiger partial charge is 0.872 e. The highest BCUT2D eigenvalue weighted by Gasteiger charge is 2.17. The molecule has 0 radical (unpaired) electrons. The van der Waals surface area contributed by atoms with Crippen molar-refractivity contribution in [2.75, 3.05) is 0 Å². The topological polar surface area (TPSA) is 82.4 Å². The molecule has 0 amide bonds. The average molecular weight is 414 g/mol. The van der Waals surface area contributed by atoms with Gasteiger partial charge in [0.1, 0.15) is 0 Å². The third-order valence-corrected chi connectivity index (χ3v) is 5.70. The first-order valence-corrected chi connectivity index (χ1v) is 9.96. The number of carboxylic acids is 1. The Hall–Kier alpha value is -3.77. The quantitative estimate of drug-likeness (QED) is 0.522. The van der Waals surface area contributed by atoms with E-state index >= 15 is 0 Å². The van der Waals surface area contributed by atoms with Crippen molar-refractivity contribution in [3.05, 3.63) is 107 Å². The second-order valence-electron chi connectivity index (χ2n) is 6.47. The molecule has 0 spiro atoms. The number of aromatic carboxylic acids is 1. The Morgan fingerprint density at radius 3 is 2.13 bits per heavy atom. The van der Waals surface area contributed by atoms with E-state index in [2.05, 4.69) is 0 Å². The molecule has 0 aliphatic carbocycles.